The van der Waals surface area contributed by atoms with Gasteiger partial charge in [0.2, 0.25) is 5.82 Å². The molecule has 0 saturated heterocycles. The molecule has 0 amide bonds. The van der Waals surface area contributed by atoms with E-state index in [0.29, 0.717) is 18.2 Å². The first-order valence-corrected chi connectivity index (χ1v) is 11.4. The van der Waals surface area contributed by atoms with Crippen LogP contribution in [0.1, 0.15) is 57.4 Å². The van der Waals surface area contributed by atoms with Crippen molar-refractivity contribution in [1.82, 2.24) is 40.4 Å². The Hall–Kier alpha value is -3.42. The normalized spacial score (nSPS) is 11.4. The quantitative estimate of drug-likeness (QED) is 0.398. The molecule has 0 aliphatic heterocycles. The average molecular weight is 431 g/mol. The zero-order valence-electron chi connectivity index (χ0n) is 19.0. The highest BCUT2D eigenvalue weighted by molar-refractivity contribution is 5.81. The van der Waals surface area contributed by atoms with Crippen molar-refractivity contribution in [2.75, 3.05) is 0 Å². The third-order valence-corrected chi connectivity index (χ3v) is 5.48. The zero-order chi connectivity index (χ0) is 22.3. The van der Waals surface area contributed by atoms with Gasteiger partial charge in [-0.1, -0.05) is 57.5 Å². The smallest absolute Gasteiger partial charge is 0.205 e. The van der Waals surface area contributed by atoms with E-state index in [2.05, 4.69) is 58.2 Å². The lowest BCUT2D eigenvalue weighted by atomic mass is 9.96. The Balaban J connectivity index is 1.69. The van der Waals surface area contributed by atoms with Crippen LogP contribution in [0.15, 0.2) is 42.6 Å². The third kappa shape index (κ3) is 5.07. The fourth-order valence-electron chi connectivity index (χ4n) is 3.73. The van der Waals surface area contributed by atoms with Crippen molar-refractivity contribution in [2.24, 2.45) is 5.92 Å². The van der Waals surface area contributed by atoms with E-state index >= 15 is 0 Å². The summed E-state index contributed by atoms with van der Waals surface area (Å²) >= 11 is 0. The molecule has 4 aromatic rings. The summed E-state index contributed by atoms with van der Waals surface area (Å²) in [5.74, 6) is 3.09. The molecule has 0 spiro atoms. The monoisotopic (exact) mass is 430 g/mol. The van der Waals surface area contributed by atoms with E-state index in [1.165, 1.54) is 0 Å². The van der Waals surface area contributed by atoms with Gasteiger partial charge < -0.3 is 0 Å². The largest absolute Gasteiger partial charge is 0.260 e. The summed E-state index contributed by atoms with van der Waals surface area (Å²) < 4.78 is 2.07. The van der Waals surface area contributed by atoms with Crippen molar-refractivity contribution in [3.05, 3.63) is 59.9 Å². The van der Waals surface area contributed by atoms with Gasteiger partial charge in [-0.05, 0) is 35.6 Å². The van der Waals surface area contributed by atoms with Crippen LogP contribution >= 0.6 is 0 Å². The molecule has 0 aliphatic carbocycles. The molecule has 32 heavy (non-hydrogen) atoms. The van der Waals surface area contributed by atoms with E-state index in [4.69, 9.17) is 15.1 Å². The summed E-state index contributed by atoms with van der Waals surface area (Å²) in [5.41, 5.74) is 3.95. The van der Waals surface area contributed by atoms with Crippen molar-refractivity contribution in [1.29, 1.82) is 0 Å². The minimum absolute atomic E-state index is 0.567. The number of aryl methyl sites for hydroxylation is 2. The molecule has 0 bridgehead atoms. The number of nitrogens with one attached hydrogen (secondary N) is 1. The van der Waals surface area contributed by atoms with Gasteiger partial charge in [-0.2, -0.15) is 10.3 Å². The number of unbranched alkanes of at least 4 members (excludes halogenated alkanes) is 1. The van der Waals surface area contributed by atoms with Crippen molar-refractivity contribution in [2.45, 2.75) is 59.4 Å². The first-order valence-electron chi connectivity index (χ1n) is 11.4. The van der Waals surface area contributed by atoms with Gasteiger partial charge in [0.05, 0.1) is 12.1 Å². The lowest BCUT2D eigenvalue weighted by molar-refractivity contribution is 0.535. The molecule has 1 N–H and O–H groups in total. The van der Waals surface area contributed by atoms with Crippen LogP contribution in [0.2, 0.25) is 0 Å². The number of hydrogen-bond donors (Lipinski definition) is 1. The number of aromatic nitrogens is 8. The maximum absolute atomic E-state index is 4.91. The molecule has 0 aliphatic rings. The van der Waals surface area contributed by atoms with Crippen LogP contribution in [-0.4, -0.2) is 40.4 Å². The van der Waals surface area contributed by atoms with Gasteiger partial charge in [0.25, 0.3) is 0 Å². The van der Waals surface area contributed by atoms with E-state index in [1.54, 1.807) is 0 Å². The highest BCUT2D eigenvalue weighted by Crippen LogP contribution is 2.32. The molecule has 4 rings (SSSR count). The predicted molar refractivity (Wildman–Crippen MR) is 124 cm³/mol. The standard InChI is InChI=1S/C24H30N8/c1-4-5-15-32-23(26-22(29-32)13-12-17(2)3)16-21-19(11-8-14-25-21)18-9-6-7-10-20(18)24-27-30-31-28-24/h6-11,14,17H,4-5,12-13,15-16H2,1-3H3,(H,27,28,30,31). The summed E-state index contributed by atoms with van der Waals surface area (Å²) in [6.07, 6.45) is 6.64. The van der Waals surface area contributed by atoms with Crippen LogP contribution in [-0.2, 0) is 19.4 Å². The minimum atomic E-state index is 0.567. The number of nitrogens with zero attached hydrogens (tertiary/aromatic N) is 7. The second-order valence-corrected chi connectivity index (χ2v) is 8.41. The fourth-order valence-corrected chi connectivity index (χ4v) is 3.73. The van der Waals surface area contributed by atoms with Crippen LogP contribution < -0.4 is 0 Å². The number of benzene rings is 1. The molecule has 166 valence electrons. The van der Waals surface area contributed by atoms with Gasteiger partial charge in [0, 0.05) is 30.3 Å². The second-order valence-electron chi connectivity index (χ2n) is 8.41. The first-order chi connectivity index (χ1) is 15.7. The summed E-state index contributed by atoms with van der Waals surface area (Å²) in [7, 11) is 0. The predicted octanol–water partition coefficient (Wildman–Crippen LogP) is 4.50. The van der Waals surface area contributed by atoms with Crippen LogP contribution in [0, 0.1) is 5.92 Å². The molecule has 3 aromatic heterocycles. The topological polar surface area (TPSA) is 98.1 Å². The molecular formula is C24H30N8. The van der Waals surface area contributed by atoms with Crippen LogP contribution in [0.5, 0.6) is 0 Å². The van der Waals surface area contributed by atoms with Gasteiger partial charge in [0.15, 0.2) is 5.82 Å². The summed E-state index contributed by atoms with van der Waals surface area (Å²) in [4.78, 5) is 9.64. The van der Waals surface area contributed by atoms with E-state index in [-0.39, 0.29) is 0 Å². The lowest BCUT2D eigenvalue weighted by Gasteiger charge is -2.12. The number of tetrazole rings is 1. The van der Waals surface area contributed by atoms with E-state index in [1.807, 2.05) is 30.5 Å². The molecule has 0 saturated carbocycles. The van der Waals surface area contributed by atoms with Gasteiger partial charge in [-0.25, -0.2) is 9.67 Å². The summed E-state index contributed by atoms with van der Waals surface area (Å²) in [5, 5.41) is 19.4. The van der Waals surface area contributed by atoms with E-state index in [9.17, 15) is 0 Å². The fraction of sp³-hybridized carbons (Fsp3) is 0.417. The highest BCUT2D eigenvalue weighted by atomic mass is 15.5. The lowest BCUT2D eigenvalue weighted by Crippen LogP contribution is -2.08. The second kappa shape index (κ2) is 10.3. The highest BCUT2D eigenvalue weighted by Gasteiger charge is 2.17. The zero-order valence-corrected chi connectivity index (χ0v) is 19.0. The molecule has 0 fully saturated rings. The number of pyridine rings is 1. The van der Waals surface area contributed by atoms with Crippen molar-refractivity contribution in [3.8, 4) is 22.5 Å². The van der Waals surface area contributed by atoms with Crippen molar-refractivity contribution >= 4 is 0 Å². The van der Waals surface area contributed by atoms with E-state index in [0.717, 1.165) is 66.3 Å². The summed E-state index contributed by atoms with van der Waals surface area (Å²) in [6.45, 7) is 7.54. The Bertz CT molecular complexity index is 1130. The van der Waals surface area contributed by atoms with Gasteiger partial charge in [0.1, 0.15) is 5.82 Å². The number of aromatic amines is 1. The van der Waals surface area contributed by atoms with Gasteiger partial charge in [-0.15, -0.1) is 10.2 Å². The maximum Gasteiger partial charge on any atom is 0.205 e. The maximum atomic E-state index is 4.91. The Morgan fingerprint density at radius 3 is 2.59 bits per heavy atom. The molecule has 8 heteroatoms. The Labute approximate surface area is 188 Å². The summed E-state index contributed by atoms with van der Waals surface area (Å²) in [6, 6.07) is 12.1. The van der Waals surface area contributed by atoms with Gasteiger partial charge in [-0.3, -0.25) is 4.98 Å². The Kier molecular flexibility index (Phi) is 6.99. The Morgan fingerprint density at radius 1 is 1.03 bits per heavy atom. The third-order valence-electron chi connectivity index (χ3n) is 5.48. The van der Waals surface area contributed by atoms with Crippen LogP contribution in [0.3, 0.4) is 0 Å². The first kappa shape index (κ1) is 21.8. The minimum Gasteiger partial charge on any atom is -0.260 e. The SMILES string of the molecule is CCCCn1nc(CCC(C)C)nc1Cc1ncccc1-c1ccccc1-c1nn[nH]n1. The molecule has 1 aromatic carbocycles. The van der Waals surface area contributed by atoms with E-state index < -0.39 is 0 Å². The van der Waals surface area contributed by atoms with Crippen LogP contribution in [0.25, 0.3) is 22.5 Å². The number of hydrogen-bond acceptors (Lipinski definition) is 6. The molecule has 0 atom stereocenters. The van der Waals surface area contributed by atoms with Crippen molar-refractivity contribution in [3.63, 3.8) is 0 Å². The molecule has 8 nitrogen and oxygen atoms in total. The molecule has 0 unspecified atom stereocenters. The average Bonchev–Trinajstić information content (AvgIpc) is 3.47. The van der Waals surface area contributed by atoms with Crippen molar-refractivity contribution < 1.29 is 0 Å². The molecule has 0 radical (unpaired) electrons. The molecule has 3 heterocycles. The molecular weight excluding hydrogens is 400 g/mol. The Morgan fingerprint density at radius 2 is 1.84 bits per heavy atom. The number of rotatable bonds is 10. The van der Waals surface area contributed by atoms with Gasteiger partial charge >= 0.3 is 0 Å². The number of H-pyrrole nitrogens is 1. The van der Waals surface area contributed by atoms with Crippen LogP contribution in [0.4, 0.5) is 0 Å².